The second-order valence-corrected chi connectivity index (χ2v) is 5.77. The second-order valence-electron chi connectivity index (χ2n) is 5.77. The van der Waals surface area contributed by atoms with Crippen molar-refractivity contribution in [1.29, 1.82) is 0 Å². The van der Waals surface area contributed by atoms with Crippen molar-refractivity contribution in [2.45, 2.75) is 26.7 Å². The van der Waals surface area contributed by atoms with Gasteiger partial charge in [-0.05, 0) is 48.9 Å². The van der Waals surface area contributed by atoms with Gasteiger partial charge in [0.05, 0.1) is 0 Å². The first-order valence-corrected chi connectivity index (χ1v) is 8.63. The molecule has 3 N–H and O–H groups in total. The summed E-state index contributed by atoms with van der Waals surface area (Å²) in [7, 11) is 0. The summed E-state index contributed by atoms with van der Waals surface area (Å²) in [5.74, 6) is -0.538. The molecule has 2 aromatic carbocycles. The van der Waals surface area contributed by atoms with Crippen LogP contribution in [0.5, 0.6) is 0 Å². The van der Waals surface area contributed by atoms with E-state index in [1.807, 2.05) is 6.92 Å². The molecule has 0 saturated heterocycles. The van der Waals surface area contributed by atoms with Crippen LogP contribution in [0.4, 0.5) is 11.4 Å². The van der Waals surface area contributed by atoms with E-state index in [2.05, 4.69) is 16.0 Å². The normalized spacial score (nSPS) is 10.1. The van der Waals surface area contributed by atoms with Crippen LogP contribution in [0, 0.1) is 0 Å². The molecule has 0 aliphatic rings. The van der Waals surface area contributed by atoms with Gasteiger partial charge in [-0.15, -0.1) is 0 Å². The quantitative estimate of drug-likeness (QED) is 0.713. The van der Waals surface area contributed by atoms with Crippen LogP contribution in [0.3, 0.4) is 0 Å². The van der Waals surface area contributed by atoms with Gasteiger partial charge in [-0.3, -0.25) is 14.4 Å². The van der Waals surface area contributed by atoms with E-state index in [9.17, 15) is 14.4 Å². The predicted octanol–water partition coefficient (Wildman–Crippen LogP) is 3.43. The Balaban J connectivity index is 2.02. The van der Waals surface area contributed by atoms with E-state index in [1.165, 1.54) is 0 Å². The van der Waals surface area contributed by atoms with Gasteiger partial charge in [0.1, 0.15) is 0 Å². The number of hydrogen-bond acceptors (Lipinski definition) is 3. The Hall–Kier alpha value is -3.15. The number of rotatable bonds is 7. The predicted molar refractivity (Wildman–Crippen MR) is 102 cm³/mol. The maximum absolute atomic E-state index is 12.4. The molecule has 3 amide bonds. The van der Waals surface area contributed by atoms with Crippen molar-refractivity contribution in [3.63, 3.8) is 0 Å². The number of nitrogens with one attached hydrogen (secondary N) is 3. The minimum absolute atomic E-state index is 0.112. The fourth-order valence-electron chi connectivity index (χ4n) is 2.24. The third-order valence-electron chi connectivity index (χ3n) is 3.67. The first kappa shape index (κ1) is 19.2. The Labute approximate surface area is 153 Å². The molecule has 0 unspecified atom stereocenters. The molecule has 136 valence electrons. The maximum atomic E-state index is 12.4. The topological polar surface area (TPSA) is 87.3 Å². The van der Waals surface area contributed by atoms with E-state index >= 15 is 0 Å². The fraction of sp³-hybridized carbons (Fsp3) is 0.250. The Bertz CT molecular complexity index is 785. The summed E-state index contributed by atoms with van der Waals surface area (Å²) in [6.45, 7) is 4.38. The monoisotopic (exact) mass is 353 g/mol. The zero-order valence-corrected chi connectivity index (χ0v) is 15.0. The maximum Gasteiger partial charge on any atom is 0.255 e. The highest BCUT2D eigenvalue weighted by Gasteiger charge is 2.09. The lowest BCUT2D eigenvalue weighted by Gasteiger charge is -2.09. The zero-order chi connectivity index (χ0) is 18.9. The van der Waals surface area contributed by atoms with E-state index < -0.39 is 0 Å². The summed E-state index contributed by atoms with van der Waals surface area (Å²) < 4.78 is 0. The number of benzene rings is 2. The van der Waals surface area contributed by atoms with Gasteiger partial charge in [0.2, 0.25) is 5.91 Å². The molecule has 0 saturated carbocycles. The van der Waals surface area contributed by atoms with Crippen molar-refractivity contribution in [2.24, 2.45) is 0 Å². The third-order valence-corrected chi connectivity index (χ3v) is 3.67. The summed E-state index contributed by atoms with van der Waals surface area (Å²) >= 11 is 0. The van der Waals surface area contributed by atoms with Gasteiger partial charge >= 0.3 is 0 Å². The first-order valence-electron chi connectivity index (χ1n) is 8.63. The Morgan fingerprint density at radius 3 is 2.19 bits per heavy atom. The first-order chi connectivity index (χ1) is 12.5. The molecule has 2 aromatic rings. The minimum Gasteiger partial charge on any atom is -0.352 e. The van der Waals surface area contributed by atoms with Crippen LogP contribution in [0.25, 0.3) is 0 Å². The molecule has 0 spiro atoms. The number of carbonyl (C=O) groups excluding carboxylic acids is 3. The number of anilines is 2. The lowest BCUT2D eigenvalue weighted by Crippen LogP contribution is -2.23. The summed E-state index contributed by atoms with van der Waals surface area (Å²) in [4.78, 5) is 35.7. The van der Waals surface area contributed by atoms with E-state index in [4.69, 9.17) is 0 Å². The smallest absolute Gasteiger partial charge is 0.255 e. The fourth-order valence-corrected chi connectivity index (χ4v) is 2.24. The van der Waals surface area contributed by atoms with Gasteiger partial charge in [-0.2, -0.15) is 0 Å². The molecule has 0 aliphatic heterocycles. The molecule has 26 heavy (non-hydrogen) atoms. The molecule has 2 rings (SSSR count). The van der Waals surface area contributed by atoms with Crippen molar-refractivity contribution in [3.05, 3.63) is 59.7 Å². The van der Waals surface area contributed by atoms with Crippen LogP contribution in [-0.2, 0) is 4.79 Å². The SMILES string of the molecule is CCCNC(=O)c1ccc(NC(=O)c2cccc(NC(=O)CC)c2)cc1. The van der Waals surface area contributed by atoms with Crippen LogP contribution < -0.4 is 16.0 Å². The average Bonchev–Trinajstić information content (AvgIpc) is 2.66. The molecular formula is C20H23N3O3. The molecule has 0 bridgehead atoms. The van der Waals surface area contributed by atoms with E-state index in [0.717, 1.165) is 6.42 Å². The Morgan fingerprint density at radius 1 is 0.808 bits per heavy atom. The molecule has 0 fully saturated rings. The van der Waals surface area contributed by atoms with Gasteiger partial charge in [-0.1, -0.05) is 19.9 Å². The van der Waals surface area contributed by atoms with Crippen LogP contribution in [0.1, 0.15) is 47.4 Å². The van der Waals surface area contributed by atoms with Crippen LogP contribution in [0.2, 0.25) is 0 Å². The Morgan fingerprint density at radius 2 is 1.54 bits per heavy atom. The molecular weight excluding hydrogens is 330 g/mol. The highest BCUT2D eigenvalue weighted by molar-refractivity contribution is 6.05. The van der Waals surface area contributed by atoms with Gasteiger partial charge < -0.3 is 16.0 Å². The van der Waals surface area contributed by atoms with Crippen molar-refractivity contribution in [3.8, 4) is 0 Å². The van der Waals surface area contributed by atoms with E-state index in [-0.39, 0.29) is 17.7 Å². The summed E-state index contributed by atoms with van der Waals surface area (Å²) in [5, 5.41) is 8.30. The molecule has 0 aromatic heterocycles. The minimum atomic E-state index is -0.291. The average molecular weight is 353 g/mol. The summed E-state index contributed by atoms with van der Waals surface area (Å²) in [6, 6.07) is 13.4. The molecule has 6 nitrogen and oxygen atoms in total. The molecule has 0 aliphatic carbocycles. The van der Waals surface area contributed by atoms with Crippen molar-refractivity contribution in [2.75, 3.05) is 17.2 Å². The number of amides is 3. The number of carbonyl (C=O) groups is 3. The summed E-state index contributed by atoms with van der Waals surface area (Å²) in [5.41, 5.74) is 2.14. The lowest BCUT2D eigenvalue weighted by atomic mass is 10.1. The number of hydrogen-bond donors (Lipinski definition) is 3. The van der Waals surface area contributed by atoms with Crippen LogP contribution in [-0.4, -0.2) is 24.3 Å². The second kappa shape index (κ2) is 9.36. The van der Waals surface area contributed by atoms with Crippen molar-refractivity contribution < 1.29 is 14.4 Å². The van der Waals surface area contributed by atoms with Crippen LogP contribution in [0.15, 0.2) is 48.5 Å². The largest absolute Gasteiger partial charge is 0.352 e. The molecule has 6 heteroatoms. The highest BCUT2D eigenvalue weighted by Crippen LogP contribution is 2.15. The summed E-state index contributed by atoms with van der Waals surface area (Å²) in [6.07, 6.45) is 1.24. The lowest BCUT2D eigenvalue weighted by molar-refractivity contribution is -0.115. The third kappa shape index (κ3) is 5.44. The van der Waals surface area contributed by atoms with E-state index in [1.54, 1.807) is 55.5 Å². The molecule has 0 heterocycles. The van der Waals surface area contributed by atoms with Gasteiger partial charge in [-0.25, -0.2) is 0 Å². The van der Waals surface area contributed by atoms with Crippen molar-refractivity contribution in [1.82, 2.24) is 5.32 Å². The van der Waals surface area contributed by atoms with Gasteiger partial charge in [0.15, 0.2) is 0 Å². The van der Waals surface area contributed by atoms with Crippen molar-refractivity contribution >= 4 is 29.1 Å². The zero-order valence-electron chi connectivity index (χ0n) is 15.0. The van der Waals surface area contributed by atoms with Gasteiger partial charge in [0, 0.05) is 35.5 Å². The molecule has 0 atom stereocenters. The Kier molecular flexibility index (Phi) is 6.91. The van der Waals surface area contributed by atoms with Crippen LogP contribution >= 0.6 is 0 Å². The standard InChI is InChI=1S/C20H23N3O3/c1-3-12-21-19(25)14-8-10-16(11-9-14)23-20(26)15-6-5-7-17(13-15)22-18(24)4-2/h5-11,13H,3-4,12H2,1-2H3,(H,21,25)(H,22,24)(H,23,26). The molecule has 0 radical (unpaired) electrons. The van der Waals surface area contributed by atoms with E-state index in [0.29, 0.717) is 35.5 Å². The highest BCUT2D eigenvalue weighted by atomic mass is 16.2. The van der Waals surface area contributed by atoms with Gasteiger partial charge in [0.25, 0.3) is 11.8 Å².